The summed E-state index contributed by atoms with van der Waals surface area (Å²) in [6.45, 7) is 1.83. The molecule has 14 heteroatoms. The van der Waals surface area contributed by atoms with Crippen LogP contribution in [-0.4, -0.2) is 50.5 Å². The highest BCUT2D eigenvalue weighted by Gasteiger charge is 2.24. The van der Waals surface area contributed by atoms with Gasteiger partial charge in [0.15, 0.2) is 22.7 Å². The Bertz CT molecular complexity index is 2170. The summed E-state index contributed by atoms with van der Waals surface area (Å²) in [5.74, 6) is 0.707. The van der Waals surface area contributed by atoms with Crippen molar-refractivity contribution in [2.24, 2.45) is 19.1 Å². The number of rotatable bonds is 7. The van der Waals surface area contributed by atoms with Crippen LogP contribution < -0.4 is 20.7 Å². The molecule has 2 aromatic carbocycles. The van der Waals surface area contributed by atoms with Gasteiger partial charge >= 0.3 is 11.7 Å². The van der Waals surface area contributed by atoms with Crippen LogP contribution in [0.15, 0.2) is 51.0 Å². The number of thiophene rings is 1. The van der Waals surface area contributed by atoms with Crippen molar-refractivity contribution < 1.29 is 9.47 Å². The number of fused-ring (bicyclic) bond motifs is 2. The van der Waals surface area contributed by atoms with E-state index in [1.54, 1.807) is 47.2 Å². The smallest absolute Gasteiger partial charge is 0.332 e. The van der Waals surface area contributed by atoms with Crippen LogP contribution in [0.2, 0.25) is 10.0 Å². The van der Waals surface area contributed by atoms with E-state index in [4.69, 9.17) is 32.7 Å². The zero-order valence-electron chi connectivity index (χ0n) is 24.8. The van der Waals surface area contributed by atoms with Crippen LogP contribution >= 0.6 is 34.5 Å². The third-order valence-electron chi connectivity index (χ3n) is 7.72. The number of nitrogens with zero attached hydrogens (tertiary/aromatic N) is 7. The molecule has 0 fully saturated rings. The Morgan fingerprint density at radius 3 is 2.64 bits per heavy atom. The van der Waals surface area contributed by atoms with Crippen molar-refractivity contribution in [2.75, 3.05) is 20.7 Å². The molecule has 3 aromatic heterocycles. The molecule has 0 atom stereocenters. The maximum atomic E-state index is 13.3. The molecular weight excluding hydrogens is 637 g/mol. The van der Waals surface area contributed by atoms with Crippen LogP contribution in [0.25, 0.3) is 11.2 Å². The summed E-state index contributed by atoms with van der Waals surface area (Å²) in [5.41, 5.74) is 2.38. The number of hydrogen-bond donors (Lipinski definition) is 0. The van der Waals surface area contributed by atoms with Crippen LogP contribution in [0.5, 0.6) is 17.5 Å². The maximum absolute atomic E-state index is 13.3. The first-order chi connectivity index (χ1) is 21.6. The van der Waals surface area contributed by atoms with Gasteiger partial charge in [0, 0.05) is 48.3 Å². The Kier molecular flexibility index (Phi) is 8.28. The van der Waals surface area contributed by atoms with Gasteiger partial charge in [0.05, 0.1) is 19.2 Å². The minimum absolute atomic E-state index is 0.0572. The van der Waals surface area contributed by atoms with Crippen LogP contribution in [0.4, 0.5) is 5.00 Å². The number of aromatic nitrogens is 4. The molecule has 230 valence electrons. The zero-order valence-corrected chi connectivity index (χ0v) is 27.1. The van der Waals surface area contributed by atoms with Crippen molar-refractivity contribution in [1.82, 2.24) is 23.6 Å². The Labute approximate surface area is 271 Å². The molecule has 45 heavy (non-hydrogen) atoms. The number of benzene rings is 2. The van der Waals surface area contributed by atoms with E-state index in [0.717, 1.165) is 35.2 Å². The van der Waals surface area contributed by atoms with Gasteiger partial charge in [0.1, 0.15) is 11.1 Å². The molecule has 0 N–H and O–H groups in total. The summed E-state index contributed by atoms with van der Waals surface area (Å²) in [7, 11) is 6.52. The average molecular weight is 665 g/mol. The first kappa shape index (κ1) is 30.6. The van der Waals surface area contributed by atoms with Crippen molar-refractivity contribution in [1.29, 1.82) is 5.26 Å². The van der Waals surface area contributed by atoms with E-state index in [1.807, 2.05) is 0 Å². The predicted octanol–water partition coefficient (Wildman–Crippen LogP) is 5.26. The molecule has 11 nitrogen and oxygen atoms in total. The molecule has 5 aromatic rings. The van der Waals surface area contributed by atoms with E-state index >= 15 is 0 Å². The van der Waals surface area contributed by atoms with E-state index in [2.05, 4.69) is 28.0 Å². The summed E-state index contributed by atoms with van der Waals surface area (Å²) in [6.07, 6.45) is 2.52. The molecule has 0 saturated heterocycles. The second kappa shape index (κ2) is 12.2. The number of halogens is 2. The number of likely N-dealkylation sites (N-methyl/N-ethyl adjacent to an activating group) is 1. The van der Waals surface area contributed by atoms with Gasteiger partial charge in [-0.1, -0.05) is 29.3 Å². The number of aliphatic imine (C=N–C) groups is 1. The van der Waals surface area contributed by atoms with Crippen molar-refractivity contribution >= 4 is 56.9 Å². The summed E-state index contributed by atoms with van der Waals surface area (Å²) < 4.78 is 15.8. The Balaban J connectivity index is 1.38. The lowest BCUT2D eigenvalue weighted by molar-refractivity contribution is 0.317. The predicted molar refractivity (Wildman–Crippen MR) is 175 cm³/mol. The number of hydrogen-bond acceptors (Lipinski definition) is 9. The van der Waals surface area contributed by atoms with Gasteiger partial charge in [-0.2, -0.15) is 10.2 Å². The Hall–Kier alpha value is -4.41. The lowest BCUT2D eigenvalue weighted by atomic mass is 10.0. The second-order valence-electron chi connectivity index (χ2n) is 10.6. The molecule has 4 heterocycles. The molecule has 0 bridgehead atoms. The number of methoxy groups -OCH3 is 1. The van der Waals surface area contributed by atoms with Gasteiger partial charge in [-0.3, -0.25) is 18.5 Å². The van der Waals surface area contributed by atoms with Crippen molar-refractivity contribution in [3.05, 3.63) is 94.4 Å². The van der Waals surface area contributed by atoms with Crippen LogP contribution in [0.3, 0.4) is 0 Å². The van der Waals surface area contributed by atoms with E-state index < -0.39 is 11.2 Å². The highest BCUT2D eigenvalue weighted by atomic mass is 35.5. The van der Waals surface area contributed by atoms with Gasteiger partial charge < -0.3 is 14.4 Å². The topological polar surface area (TPSA) is 120 Å². The molecule has 0 amide bonds. The highest BCUT2D eigenvalue weighted by molar-refractivity contribution is 7.16. The average Bonchev–Trinajstić information content (AvgIpc) is 3.56. The third-order valence-corrected chi connectivity index (χ3v) is 9.43. The van der Waals surface area contributed by atoms with E-state index in [0.29, 0.717) is 37.7 Å². The first-order valence-corrected chi connectivity index (χ1v) is 15.4. The van der Waals surface area contributed by atoms with Crippen molar-refractivity contribution in [2.45, 2.75) is 19.5 Å². The molecular formula is C31H27Cl2N7O4S. The number of aryl methyl sites for hydroxylation is 1. The summed E-state index contributed by atoms with van der Waals surface area (Å²) >= 11 is 14.1. The molecule has 0 aliphatic carbocycles. The number of ether oxygens (including phenoxy) is 2. The van der Waals surface area contributed by atoms with E-state index in [1.165, 1.54) is 42.0 Å². The van der Waals surface area contributed by atoms with Crippen molar-refractivity contribution in [3.8, 4) is 23.6 Å². The zero-order chi connectivity index (χ0) is 32.0. The fourth-order valence-corrected chi connectivity index (χ4v) is 6.96. The second-order valence-corrected chi connectivity index (χ2v) is 12.6. The molecule has 0 saturated carbocycles. The standard InChI is InChI=1S/C31H27Cl2N7O4S/c1-37-10-9-20-21(13-34)28(45-25(20)16-37)35-14-17-5-8-23(24(11-17)43-4)44-30-36-27-26(29(41)39(3)31(42)38(27)2)40(30)15-18-6-7-19(32)12-22(18)33/h5-8,11-12,14H,9-10,15-16H2,1-4H3/b35-14+. The Morgan fingerprint density at radius 1 is 1.11 bits per heavy atom. The van der Waals surface area contributed by atoms with Gasteiger partial charge in [-0.25, -0.2) is 9.79 Å². The molecule has 1 aliphatic rings. The molecule has 6 rings (SSSR count). The largest absolute Gasteiger partial charge is 0.493 e. The van der Waals surface area contributed by atoms with Crippen LogP contribution in [-0.2, 0) is 33.6 Å². The first-order valence-electron chi connectivity index (χ1n) is 13.8. The maximum Gasteiger partial charge on any atom is 0.332 e. The summed E-state index contributed by atoms with van der Waals surface area (Å²) in [6, 6.07) is 12.7. The minimum atomic E-state index is -0.530. The van der Waals surface area contributed by atoms with E-state index in [9.17, 15) is 14.9 Å². The van der Waals surface area contributed by atoms with Crippen molar-refractivity contribution in [3.63, 3.8) is 0 Å². The van der Waals surface area contributed by atoms with Crippen LogP contribution in [0.1, 0.15) is 27.1 Å². The van der Waals surface area contributed by atoms with Gasteiger partial charge in [-0.15, -0.1) is 11.3 Å². The normalized spacial score (nSPS) is 13.4. The Morgan fingerprint density at radius 2 is 1.91 bits per heavy atom. The molecule has 0 spiro atoms. The molecule has 0 radical (unpaired) electrons. The fraction of sp³-hybridized carbons (Fsp3) is 0.258. The molecule has 0 unspecified atom stereocenters. The van der Waals surface area contributed by atoms with Gasteiger partial charge in [0.2, 0.25) is 0 Å². The lowest BCUT2D eigenvalue weighted by Crippen LogP contribution is -2.37. The van der Waals surface area contributed by atoms with Crippen LogP contribution in [0, 0.1) is 11.3 Å². The third kappa shape index (κ3) is 5.64. The number of imidazole rings is 1. The minimum Gasteiger partial charge on any atom is -0.493 e. The SMILES string of the molecule is COc1cc(/C=N/c2sc3c(c2C#N)CCN(C)C3)ccc1Oc1nc2c(c(=O)n(C)c(=O)n2C)n1Cc1ccc(Cl)cc1Cl. The lowest BCUT2D eigenvalue weighted by Gasteiger charge is -2.21. The quantitative estimate of drug-likeness (QED) is 0.218. The monoisotopic (exact) mass is 663 g/mol. The van der Waals surface area contributed by atoms with Gasteiger partial charge in [-0.05, 0) is 60.5 Å². The fourth-order valence-electron chi connectivity index (χ4n) is 5.27. The summed E-state index contributed by atoms with van der Waals surface area (Å²) in [5, 5.41) is 11.4. The van der Waals surface area contributed by atoms with E-state index in [-0.39, 0.29) is 23.7 Å². The summed E-state index contributed by atoms with van der Waals surface area (Å²) in [4.78, 5) is 38.6. The number of nitriles is 1. The highest BCUT2D eigenvalue weighted by Crippen LogP contribution is 2.39. The molecule has 1 aliphatic heterocycles. The van der Waals surface area contributed by atoms with Gasteiger partial charge in [0.25, 0.3) is 5.56 Å².